The molecule has 0 aliphatic rings. The second-order valence-corrected chi connectivity index (χ2v) is 6.83. The van der Waals surface area contributed by atoms with Crippen molar-refractivity contribution >= 4 is 49.0 Å². The minimum absolute atomic E-state index is 0.0406. The summed E-state index contributed by atoms with van der Waals surface area (Å²) in [6, 6.07) is 5.94. The molecule has 94 valence electrons. The van der Waals surface area contributed by atoms with Crippen LogP contribution < -0.4 is 0 Å². The van der Waals surface area contributed by atoms with E-state index in [4.69, 9.17) is 0 Å². The Hall–Kier alpha value is -0.520. The number of pyridine rings is 1. The van der Waals surface area contributed by atoms with Gasteiger partial charge in [0.2, 0.25) is 0 Å². The molecule has 0 fully saturated rings. The van der Waals surface area contributed by atoms with Crippen LogP contribution in [0.5, 0.6) is 0 Å². The minimum Gasteiger partial charge on any atom is -0.292 e. The highest BCUT2D eigenvalue weighted by atomic mass is 79.9. The van der Waals surface area contributed by atoms with Crippen LogP contribution in [-0.2, 0) is 12.8 Å². The first-order valence-electron chi connectivity index (χ1n) is 5.52. The number of rotatable bonds is 4. The molecule has 0 spiro atoms. The van der Waals surface area contributed by atoms with Gasteiger partial charge in [-0.1, -0.05) is 6.92 Å². The van der Waals surface area contributed by atoms with Crippen LogP contribution >= 0.6 is 43.2 Å². The standard InChI is InChI=1S/C13H11Br2NOS/c1-2-9-3-4-10(18-9)6-12(17)13-11(15)5-8(14)7-16-13/h3-5,7H,2,6H2,1H3. The number of carbonyl (C=O) groups is 1. The number of hydrogen-bond acceptors (Lipinski definition) is 3. The molecule has 0 aliphatic carbocycles. The molecule has 2 aromatic heterocycles. The van der Waals surface area contributed by atoms with E-state index in [1.807, 2.05) is 12.1 Å². The zero-order valence-electron chi connectivity index (χ0n) is 9.74. The second kappa shape index (κ2) is 6.08. The fraction of sp³-hybridized carbons (Fsp3) is 0.231. The SMILES string of the molecule is CCc1ccc(CC(=O)c2ncc(Br)cc2Br)s1. The van der Waals surface area contributed by atoms with Crippen molar-refractivity contribution in [3.8, 4) is 0 Å². The Bertz CT molecular complexity index is 580. The molecule has 0 saturated heterocycles. The fourth-order valence-corrected chi connectivity index (χ4v) is 3.73. The average molecular weight is 389 g/mol. The Morgan fingerprint density at radius 2 is 2.06 bits per heavy atom. The normalized spacial score (nSPS) is 10.6. The van der Waals surface area contributed by atoms with Crippen LogP contribution in [0, 0.1) is 0 Å². The number of aryl methyl sites for hydroxylation is 1. The molecular weight excluding hydrogens is 378 g/mol. The molecule has 2 aromatic rings. The maximum absolute atomic E-state index is 12.1. The molecule has 2 rings (SSSR count). The van der Waals surface area contributed by atoms with Crippen molar-refractivity contribution in [3.05, 3.63) is 48.8 Å². The van der Waals surface area contributed by atoms with Crippen LogP contribution in [0.3, 0.4) is 0 Å². The van der Waals surface area contributed by atoms with E-state index >= 15 is 0 Å². The van der Waals surface area contributed by atoms with Crippen molar-refractivity contribution in [1.82, 2.24) is 4.98 Å². The number of ketones is 1. The van der Waals surface area contributed by atoms with E-state index in [1.165, 1.54) is 4.88 Å². The summed E-state index contributed by atoms with van der Waals surface area (Å²) in [5.74, 6) is 0.0406. The van der Waals surface area contributed by atoms with Gasteiger partial charge in [-0.25, -0.2) is 0 Å². The van der Waals surface area contributed by atoms with Gasteiger partial charge in [0.05, 0.1) is 0 Å². The molecular formula is C13H11Br2NOS. The summed E-state index contributed by atoms with van der Waals surface area (Å²) in [5, 5.41) is 0. The molecule has 2 heterocycles. The topological polar surface area (TPSA) is 30.0 Å². The number of aromatic nitrogens is 1. The monoisotopic (exact) mass is 387 g/mol. The van der Waals surface area contributed by atoms with Gasteiger partial charge in [-0.15, -0.1) is 11.3 Å². The lowest BCUT2D eigenvalue weighted by Crippen LogP contribution is -2.05. The van der Waals surface area contributed by atoms with Crippen molar-refractivity contribution < 1.29 is 4.79 Å². The van der Waals surface area contributed by atoms with Crippen molar-refractivity contribution in [2.24, 2.45) is 0 Å². The van der Waals surface area contributed by atoms with Crippen molar-refractivity contribution in [3.63, 3.8) is 0 Å². The number of Topliss-reactive ketones (excluding diaryl/α,β-unsaturated/α-hetero) is 1. The number of thiophene rings is 1. The largest absolute Gasteiger partial charge is 0.292 e. The number of nitrogens with zero attached hydrogens (tertiary/aromatic N) is 1. The number of hydrogen-bond donors (Lipinski definition) is 0. The maximum Gasteiger partial charge on any atom is 0.187 e. The Morgan fingerprint density at radius 1 is 1.33 bits per heavy atom. The third kappa shape index (κ3) is 3.28. The van der Waals surface area contributed by atoms with Crippen molar-refractivity contribution in [1.29, 1.82) is 0 Å². The van der Waals surface area contributed by atoms with Crippen LogP contribution in [0.25, 0.3) is 0 Å². The molecule has 0 atom stereocenters. The van der Waals surface area contributed by atoms with Gasteiger partial charge in [-0.2, -0.15) is 0 Å². The molecule has 0 aromatic carbocycles. The Labute approximate surface area is 127 Å². The fourth-order valence-electron chi connectivity index (χ4n) is 1.57. The molecule has 18 heavy (non-hydrogen) atoms. The third-order valence-electron chi connectivity index (χ3n) is 2.47. The van der Waals surface area contributed by atoms with Gasteiger partial charge in [0, 0.05) is 31.3 Å². The van der Waals surface area contributed by atoms with Crippen LogP contribution in [0.1, 0.15) is 27.2 Å². The van der Waals surface area contributed by atoms with Crippen LogP contribution in [0.2, 0.25) is 0 Å². The van der Waals surface area contributed by atoms with Crippen LogP contribution in [0.15, 0.2) is 33.3 Å². The lowest BCUT2D eigenvalue weighted by atomic mass is 10.2. The Kier molecular flexibility index (Phi) is 4.70. The van der Waals surface area contributed by atoms with Crippen molar-refractivity contribution in [2.75, 3.05) is 0 Å². The lowest BCUT2D eigenvalue weighted by molar-refractivity contribution is 0.0988. The molecule has 0 saturated carbocycles. The number of halogens is 2. The first-order chi connectivity index (χ1) is 8.60. The minimum atomic E-state index is 0.0406. The zero-order chi connectivity index (χ0) is 13.1. The summed E-state index contributed by atoms with van der Waals surface area (Å²) in [6.07, 6.45) is 3.07. The van der Waals surface area contributed by atoms with Crippen LogP contribution in [-0.4, -0.2) is 10.8 Å². The lowest BCUT2D eigenvalue weighted by Gasteiger charge is -2.02. The van der Waals surface area contributed by atoms with Gasteiger partial charge in [0.15, 0.2) is 5.78 Å². The molecule has 5 heteroatoms. The van der Waals surface area contributed by atoms with E-state index in [2.05, 4.69) is 49.8 Å². The maximum atomic E-state index is 12.1. The van der Waals surface area contributed by atoms with Gasteiger partial charge >= 0.3 is 0 Å². The first-order valence-corrected chi connectivity index (χ1v) is 7.92. The van der Waals surface area contributed by atoms with E-state index in [1.54, 1.807) is 17.5 Å². The summed E-state index contributed by atoms with van der Waals surface area (Å²) in [5.41, 5.74) is 0.490. The molecule has 0 bridgehead atoms. The quantitative estimate of drug-likeness (QED) is 0.713. The molecule has 0 unspecified atom stereocenters. The molecule has 0 amide bonds. The summed E-state index contributed by atoms with van der Waals surface area (Å²) in [7, 11) is 0. The zero-order valence-corrected chi connectivity index (χ0v) is 13.7. The first kappa shape index (κ1) is 13.9. The highest BCUT2D eigenvalue weighted by molar-refractivity contribution is 9.11. The van der Waals surface area contributed by atoms with E-state index in [-0.39, 0.29) is 5.78 Å². The molecule has 0 radical (unpaired) electrons. The Morgan fingerprint density at radius 3 is 2.67 bits per heavy atom. The van der Waals surface area contributed by atoms with E-state index in [0.717, 1.165) is 20.2 Å². The summed E-state index contributed by atoms with van der Waals surface area (Å²) in [4.78, 5) is 18.7. The molecule has 2 nitrogen and oxygen atoms in total. The van der Waals surface area contributed by atoms with E-state index in [9.17, 15) is 4.79 Å². The average Bonchev–Trinajstić information content (AvgIpc) is 2.76. The van der Waals surface area contributed by atoms with Crippen molar-refractivity contribution in [2.45, 2.75) is 19.8 Å². The Balaban J connectivity index is 2.16. The van der Waals surface area contributed by atoms with Gasteiger partial charge in [-0.05, 0) is 56.5 Å². The molecule has 0 aliphatic heterocycles. The van der Waals surface area contributed by atoms with E-state index in [0.29, 0.717) is 12.1 Å². The van der Waals surface area contributed by atoms with E-state index < -0.39 is 0 Å². The summed E-state index contributed by atoms with van der Waals surface area (Å²) in [6.45, 7) is 2.12. The van der Waals surface area contributed by atoms with Gasteiger partial charge < -0.3 is 0 Å². The summed E-state index contributed by atoms with van der Waals surface area (Å²) < 4.78 is 1.59. The predicted molar refractivity (Wildman–Crippen MR) is 81.4 cm³/mol. The predicted octanol–water partition coefficient (Wildman–Crippen LogP) is 4.66. The highest BCUT2D eigenvalue weighted by Gasteiger charge is 2.14. The third-order valence-corrected chi connectivity index (χ3v) is 4.74. The molecule has 0 N–H and O–H groups in total. The smallest absolute Gasteiger partial charge is 0.187 e. The summed E-state index contributed by atoms with van der Waals surface area (Å²) >= 11 is 8.38. The number of carbonyl (C=O) groups excluding carboxylic acids is 1. The van der Waals surface area contributed by atoms with Gasteiger partial charge in [-0.3, -0.25) is 9.78 Å². The van der Waals surface area contributed by atoms with Gasteiger partial charge in [0.1, 0.15) is 5.69 Å². The second-order valence-electron chi connectivity index (χ2n) is 3.81. The van der Waals surface area contributed by atoms with Gasteiger partial charge in [0.25, 0.3) is 0 Å². The van der Waals surface area contributed by atoms with Crippen LogP contribution in [0.4, 0.5) is 0 Å². The highest BCUT2D eigenvalue weighted by Crippen LogP contribution is 2.23.